The first-order chi connectivity index (χ1) is 9.92. The van der Waals surface area contributed by atoms with E-state index in [9.17, 15) is 18.0 Å². The van der Waals surface area contributed by atoms with E-state index >= 15 is 0 Å². The molecule has 0 N–H and O–H groups in total. The van der Waals surface area contributed by atoms with Gasteiger partial charge in [0.2, 0.25) is 0 Å². The largest absolute Gasteiger partial charge is 0.445 e. The monoisotopic (exact) mass is 300 g/mol. The molecule has 1 aromatic carbocycles. The van der Waals surface area contributed by atoms with Crippen molar-refractivity contribution in [2.45, 2.75) is 25.6 Å². The molecule has 0 radical (unpaired) electrons. The Balaban J connectivity index is 2.52. The van der Waals surface area contributed by atoms with E-state index < -0.39 is 25.2 Å². The molecule has 0 aromatic heterocycles. The van der Waals surface area contributed by atoms with Crippen molar-refractivity contribution in [1.82, 2.24) is 4.90 Å². The summed E-state index contributed by atoms with van der Waals surface area (Å²) in [5.41, 5.74) is 0.738. The van der Waals surface area contributed by atoms with Crippen molar-refractivity contribution < 1.29 is 22.7 Å². The molecular weight excluding hydrogens is 285 g/mol. The van der Waals surface area contributed by atoms with E-state index in [0.717, 1.165) is 10.5 Å². The van der Waals surface area contributed by atoms with Crippen molar-refractivity contribution in [2.75, 3.05) is 13.1 Å². The van der Waals surface area contributed by atoms with Crippen molar-refractivity contribution >= 4 is 6.09 Å². The van der Waals surface area contributed by atoms with Crippen LogP contribution in [0.1, 0.15) is 18.4 Å². The van der Waals surface area contributed by atoms with Gasteiger partial charge in [-0.15, -0.1) is 0 Å². The van der Waals surface area contributed by atoms with Gasteiger partial charge in [0.1, 0.15) is 6.61 Å². The summed E-state index contributed by atoms with van der Waals surface area (Å²) in [5, 5.41) is 8.48. The summed E-state index contributed by atoms with van der Waals surface area (Å²) in [5.74, 6) is 0. The molecule has 0 fully saturated rings. The topological polar surface area (TPSA) is 53.3 Å². The number of carbonyl (C=O) groups is 1. The highest BCUT2D eigenvalue weighted by Crippen LogP contribution is 2.20. The van der Waals surface area contributed by atoms with Gasteiger partial charge >= 0.3 is 12.3 Å². The number of nitrogens with zero attached hydrogens (tertiary/aromatic N) is 2. The van der Waals surface area contributed by atoms with Crippen molar-refractivity contribution in [3.63, 3.8) is 0 Å². The molecule has 0 unspecified atom stereocenters. The van der Waals surface area contributed by atoms with Crippen molar-refractivity contribution in [1.29, 1.82) is 5.26 Å². The highest BCUT2D eigenvalue weighted by molar-refractivity contribution is 5.67. The van der Waals surface area contributed by atoms with Gasteiger partial charge in [-0.2, -0.15) is 18.4 Å². The highest BCUT2D eigenvalue weighted by atomic mass is 19.4. The van der Waals surface area contributed by atoms with Crippen molar-refractivity contribution in [3.05, 3.63) is 35.9 Å². The van der Waals surface area contributed by atoms with Crippen LogP contribution in [0.4, 0.5) is 18.0 Å². The average Bonchev–Trinajstić information content (AvgIpc) is 2.45. The summed E-state index contributed by atoms with van der Waals surface area (Å²) in [4.78, 5) is 12.7. The normalized spacial score (nSPS) is 10.8. The van der Waals surface area contributed by atoms with E-state index in [4.69, 9.17) is 10.00 Å². The maximum absolute atomic E-state index is 12.2. The molecule has 1 rings (SSSR count). The number of rotatable bonds is 6. The summed E-state index contributed by atoms with van der Waals surface area (Å²) in [6.45, 7) is -0.617. The molecule has 4 nitrogen and oxygen atoms in total. The number of nitriles is 1. The predicted octanol–water partition coefficient (Wildman–Crippen LogP) is 3.49. The molecule has 0 aliphatic rings. The first kappa shape index (κ1) is 16.8. The first-order valence-electron chi connectivity index (χ1n) is 6.31. The van der Waals surface area contributed by atoms with Crippen LogP contribution < -0.4 is 0 Å². The third kappa shape index (κ3) is 7.20. The SMILES string of the molecule is N#CCCN(CCC(F)(F)F)C(=O)OCc1ccccc1. The quantitative estimate of drug-likeness (QED) is 0.808. The van der Waals surface area contributed by atoms with Crippen LogP contribution >= 0.6 is 0 Å². The second-order valence-corrected chi connectivity index (χ2v) is 4.30. The molecule has 7 heteroatoms. The van der Waals surface area contributed by atoms with E-state index in [1.165, 1.54) is 0 Å². The molecule has 0 aliphatic carbocycles. The summed E-state index contributed by atoms with van der Waals surface area (Å²) in [7, 11) is 0. The molecule has 21 heavy (non-hydrogen) atoms. The van der Waals surface area contributed by atoms with Crippen molar-refractivity contribution in [2.24, 2.45) is 0 Å². The zero-order valence-corrected chi connectivity index (χ0v) is 11.3. The number of hydrogen-bond donors (Lipinski definition) is 0. The minimum atomic E-state index is -4.36. The maximum Gasteiger partial charge on any atom is 0.410 e. The lowest BCUT2D eigenvalue weighted by Gasteiger charge is -2.21. The Morgan fingerprint density at radius 1 is 1.24 bits per heavy atom. The zero-order chi connectivity index (χ0) is 15.7. The standard InChI is InChI=1S/C14H15F3N2O2/c15-14(16,17)7-10-19(9-4-8-18)13(20)21-11-12-5-2-1-3-6-12/h1-3,5-6H,4,7,9-11H2. The van der Waals surface area contributed by atoms with Crippen LogP contribution in [0.25, 0.3) is 0 Å². The summed E-state index contributed by atoms with van der Waals surface area (Å²) < 4.78 is 41.6. The van der Waals surface area contributed by atoms with Gasteiger partial charge in [-0.3, -0.25) is 0 Å². The number of halogens is 3. The fourth-order valence-electron chi connectivity index (χ4n) is 1.55. The van der Waals surface area contributed by atoms with Crippen LogP contribution in [0.15, 0.2) is 30.3 Å². The van der Waals surface area contributed by atoms with Gasteiger partial charge in [0, 0.05) is 13.1 Å². The van der Waals surface area contributed by atoms with Gasteiger partial charge < -0.3 is 9.64 Å². The number of amides is 1. The smallest absolute Gasteiger partial charge is 0.410 e. The number of ether oxygens (including phenoxy) is 1. The molecule has 1 amide bonds. The van der Waals surface area contributed by atoms with Gasteiger partial charge in [0.05, 0.1) is 18.9 Å². The Morgan fingerprint density at radius 3 is 2.48 bits per heavy atom. The Bertz CT molecular complexity index is 483. The molecule has 0 saturated carbocycles. The third-order valence-corrected chi connectivity index (χ3v) is 2.62. The highest BCUT2D eigenvalue weighted by Gasteiger charge is 2.29. The maximum atomic E-state index is 12.2. The molecule has 114 valence electrons. The average molecular weight is 300 g/mol. The van der Waals surface area contributed by atoms with E-state index in [2.05, 4.69) is 0 Å². The fourth-order valence-corrected chi connectivity index (χ4v) is 1.55. The minimum Gasteiger partial charge on any atom is -0.445 e. The number of carbonyl (C=O) groups excluding carboxylic acids is 1. The van der Waals surface area contributed by atoms with E-state index in [-0.39, 0.29) is 19.6 Å². The molecular formula is C14H15F3N2O2. The Kier molecular flexibility index (Phi) is 6.53. The molecule has 0 bridgehead atoms. The van der Waals surface area contributed by atoms with Crippen LogP contribution in [0.2, 0.25) is 0 Å². The minimum absolute atomic E-state index is 0.0191. The molecule has 0 saturated heterocycles. The number of alkyl halides is 3. The molecule has 1 aromatic rings. The lowest BCUT2D eigenvalue weighted by atomic mass is 10.2. The second-order valence-electron chi connectivity index (χ2n) is 4.30. The second kappa shape index (κ2) is 8.15. The van der Waals surface area contributed by atoms with Crippen LogP contribution in [-0.4, -0.2) is 30.3 Å². The van der Waals surface area contributed by atoms with Crippen molar-refractivity contribution in [3.8, 4) is 6.07 Å². The van der Waals surface area contributed by atoms with Crippen LogP contribution in [-0.2, 0) is 11.3 Å². The molecule has 0 atom stereocenters. The van der Waals surface area contributed by atoms with Crippen LogP contribution in [0.3, 0.4) is 0 Å². The van der Waals surface area contributed by atoms with Gasteiger partial charge in [0.15, 0.2) is 0 Å². The first-order valence-corrected chi connectivity index (χ1v) is 6.31. The fraction of sp³-hybridized carbons (Fsp3) is 0.429. The molecule has 0 aliphatic heterocycles. The Morgan fingerprint density at radius 2 is 1.90 bits per heavy atom. The summed E-state index contributed by atoms with van der Waals surface area (Å²) >= 11 is 0. The summed E-state index contributed by atoms with van der Waals surface area (Å²) in [6, 6.07) is 10.6. The predicted molar refractivity (Wildman–Crippen MR) is 69.1 cm³/mol. The lowest BCUT2D eigenvalue weighted by molar-refractivity contribution is -0.137. The molecule has 0 spiro atoms. The lowest BCUT2D eigenvalue weighted by Crippen LogP contribution is -2.35. The Labute approximate surface area is 120 Å². The molecule has 0 heterocycles. The number of hydrogen-bond acceptors (Lipinski definition) is 3. The zero-order valence-electron chi connectivity index (χ0n) is 11.3. The van der Waals surface area contributed by atoms with Gasteiger partial charge in [-0.25, -0.2) is 4.79 Å². The summed E-state index contributed by atoms with van der Waals surface area (Å²) in [6.07, 6.45) is -6.37. The van der Waals surface area contributed by atoms with Crippen LogP contribution in [0, 0.1) is 11.3 Å². The van der Waals surface area contributed by atoms with E-state index in [1.54, 1.807) is 36.4 Å². The van der Waals surface area contributed by atoms with Gasteiger partial charge in [-0.1, -0.05) is 30.3 Å². The van der Waals surface area contributed by atoms with Crippen LogP contribution in [0.5, 0.6) is 0 Å². The Hall–Kier alpha value is -2.23. The third-order valence-electron chi connectivity index (χ3n) is 2.62. The van der Waals surface area contributed by atoms with Gasteiger partial charge in [0.25, 0.3) is 0 Å². The van der Waals surface area contributed by atoms with Gasteiger partial charge in [-0.05, 0) is 5.56 Å². The van der Waals surface area contributed by atoms with E-state index in [1.807, 2.05) is 0 Å². The van der Waals surface area contributed by atoms with E-state index in [0.29, 0.717) is 0 Å². The number of benzene rings is 1.